The number of aryl methyl sites for hydroxylation is 3. The van der Waals surface area contributed by atoms with E-state index in [2.05, 4.69) is 10.6 Å². The van der Waals surface area contributed by atoms with Crippen molar-refractivity contribution in [3.8, 4) is 0 Å². The first kappa shape index (κ1) is 19.4. The second-order valence-corrected chi connectivity index (χ2v) is 8.61. The van der Waals surface area contributed by atoms with Crippen molar-refractivity contribution in [2.24, 2.45) is 0 Å². The van der Waals surface area contributed by atoms with Gasteiger partial charge < -0.3 is 10.6 Å². The van der Waals surface area contributed by atoms with Gasteiger partial charge in [0, 0.05) is 16.1 Å². The van der Waals surface area contributed by atoms with E-state index in [9.17, 15) is 9.59 Å². The first-order chi connectivity index (χ1) is 14.0. The minimum absolute atomic E-state index is 0.159. The van der Waals surface area contributed by atoms with Crippen LogP contribution >= 0.6 is 11.3 Å². The Bertz CT molecular complexity index is 1070. The Morgan fingerprint density at radius 1 is 0.862 bits per heavy atom. The summed E-state index contributed by atoms with van der Waals surface area (Å²) in [4.78, 5) is 27.3. The van der Waals surface area contributed by atoms with Crippen molar-refractivity contribution in [3.63, 3.8) is 0 Å². The zero-order chi connectivity index (χ0) is 20.4. The first-order valence-electron chi connectivity index (χ1n) is 9.92. The van der Waals surface area contributed by atoms with Crippen LogP contribution in [-0.4, -0.2) is 11.8 Å². The molecule has 5 heteroatoms. The lowest BCUT2D eigenvalue weighted by atomic mass is 9.95. The Balaban J connectivity index is 1.66. The van der Waals surface area contributed by atoms with E-state index in [1.54, 1.807) is 0 Å². The predicted octanol–water partition coefficient (Wildman–Crippen LogP) is 5.75. The fraction of sp³-hybridized carbons (Fsp3) is 0.250. The molecular weight excluding hydrogens is 380 g/mol. The summed E-state index contributed by atoms with van der Waals surface area (Å²) in [7, 11) is 0. The topological polar surface area (TPSA) is 58.2 Å². The number of carbonyl (C=O) groups is 2. The van der Waals surface area contributed by atoms with Crippen molar-refractivity contribution in [1.29, 1.82) is 0 Å². The molecule has 29 heavy (non-hydrogen) atoms. The van der Waals surface area contributed by atoms with Crippen LogP contribution in [0.5, 0.6) is 0 Å². The fourth-order valence-electron chi connectivity index (χ4n) is 3.72. The van der Waals surface area contributed by atoms with Gasteiger partial charge in [-0.3, -0.25) is 9.59 Å². The number of benzene rings is 2. The number of hydrogen-bond acceptors (Lipinski definition) is 3. The van der Waals surface area contributed by atoms with Crippen LogP contribution in [0.4, 0.5) is 10.7 Å². The van der Waals surface area contributed by atoms with Gasteiger partial charge in [-0.25, -0.2) is 0 Å². The highest BCUT2D eigenvalue weighted by Gasteiger charge is 2.27. The van der Waals surface area contributed by atoms with E-state index in [1.807, 2.05) is 62.4 Å². The van der Waals surface area contributed by atoms with E-state index >= 15 is 0 Å². The summed E-state index contributed by atoms with van der Waals surface area (Å²) in [6.07, 6.45) is 4.03. The van der Waals surface area contributed by atoms with Gasteiger partial charge in [-0.15, -0.1) is 11.3 Å². The Morgan fingerprint density at radius 3 is 2.34 bits per heavy atom. The SMILES string of the molecule is Cc1ccc(NC(=O)c2c(NC(=O)c3ccccc3C)sc3c2CCCC3)cc1. The number of hydrogen-bond donors (Lipinski definition) is 2. The third kappa shape index (κ3) is 4.10. The number of fused-ring (bicyclic) bond motifs is 1. The summed E-state index contributed by atoms with van der Waals surface area (Å²) in [5.41, 5.74) is 5.15. The van der Waals surface area contributed by atoms with Crippen LogP contribution in [0.15, 0.2) is 48.5 Å². The molecule has 0 saturated carbocycles. The van der Waals surface area contributed by atoms with Crippen LogP contribution in [0.2, 0.25) is 0 Å². The lowest BCUT2D eigenvalue weighted by molar-refractivity contribution is 0.102. The van der Waals surface area contributed by atoms with E-state index < -0.39 is 0 Å². The molecular formula is C24H24N2O2S. The van der Waals surface area contributed by atoms with Crippen molar-refractivity contribution in [2.45, 2.75) is 39.5 Å². The van der Waals surface area contributed by atoms with Crippen LogP contribution in [0, 0.1) is 13.8 Å². The van der Waals surface area contributed by atoms with E-state index in [1.165, 1.54) is 16.2 Å². The molecule has 0 saturated heterocycles. The van der Waals surface area contributed by atoms with Crippen LogP contribution < -0.4 is 10.6 Å². The van der Waals surface area contributed by atoms with Gasteiger partial charge in [0.2, 0.25) is 0 Å². The number of thiophene rings is 1. The highest BCUT2D eigenvalue weighted by Crippen LogP contribution is 2.39. The van der Waals surface area contributed by atoms with Crippen molar-refractivity contribution < 1.29 is 9.59 Å². The Kier molecular flexibility index (Phi) is 5.49. The average molecular weight is 405 g/mol. The van der Waals surface area contributed by atoms with Crippen LogP contribution in [0.3, 0.4) is 0 Å². The Morgan fingerprint density at radius 2 is 1.59 bits per heavy atom. The Labute approximate surface area is 175 Å². The molecule has 4 rings (SSSR count). The molecule has 0 spiro atoms. The standard InChI is InChI=1S/C24H24N2O2S/c1-15-11-13-17(14-12-15)25-23(28)21-19-9-5-6-10-20(19)29-24(21)26-22(27)18-8-4-3-7-16(18)2/h3-4,7-8,11-14H,5-6,9-10H2,1-2H3,(H,25,28)(H,26,27). The van der Waals surface area contributed by atoms with Gasteiger partial charge in [-0.1, -0.05) is 35.9 Å². The maximum absolute atomic E-state index is 13.2. The smallest absolute Gasteiger partial charge is 0.258 e. The molecule has 3 aromatic rings. The molecule has 1 heterocycles. The van der Waals surface area contributed by atoms with Crippen molar-refractivity contribution in [2.75, 3.05) is 10.6 Å². The van der Waals surface area contributed by atoms with Crippen LogP contribution in [0.1, 0.15) is 55.1 Å². The summed E-state index contributed by atoms with van der Waals surface area (Å²) in [6, 6.07) is 15.2. The molecule has 0 atom stereocenters. The molecule has 2 amide bonds. The van der Waals surface area contributed by atoms with E-state index in [0.29, 0.717) is 16.1 Å². The predicted molar refractivity (Wildman–Crippen MR) is 119 cm³/mol. The molecule has 4 nitrogen and oxygen atoms in total. The number of nitrogens with one attached hydrogen (secondary N) is 2. The normalized spacial score (nSPS) is 12.9. The summed E-state index contributed by atoms with van der Waals surface area (Å²) < 4.78 is 0. The molecule has 1 aliphatic rings. The van der Waals surface area contributed by atoms with Crippen molar-refractivity contribution in [1.82, 2.24) is 0 Å². The maximum atomic E-state index is 13.2. The van der Waals surface area contributed by atoms with Gasteiger partial charge in [0.1, 0.15) is 5.00 Å². The zero-order valence-corrected chi connectivity index (χ0v) is 17.5. The van der Waals surface area contributed by atoms with Gasteiger partial charge >= 0.3 is 0 Å². The minimum atomic E-state index is -0.175. The summed E-state index contributed by atoms with van der Waals surface area (Å²) >= 11 is 1.54. The maximum Gasteiger partial charge on any atom is 0.258 e. The fourth-order valence-corrected chi connectivity index (χ4v) is 5.00. The molecule has 148 valence electrons. The third-order valence-electron chi connectivity index (χ3n) is 5.32. The summed E-state index contributed by atoms with van der Waals surface area (Å²) in [5.74, 6) is -0.334. The lowest BCUT2D eigenvalue weighted by Gasteiger charge is -2.13. The van der Waals surface area contributed by atoms with Gasteiger partial charge in [0.25, 0.3) is 11.8 Å². The molecule has 2 N–H and O–H groups in total. The molecule has 1 aromatic heterocycles. The number of carbonyl (C=O) groups excluding carboxylic acids is 2. The van der Waals surface area contributed by atoms with Crippen LogP contribution in [-0.2, 0) is 12.8 Å². The minimum Gasteiger partial charge on any atom is -0.322 e. The summed E-state index contributed by atoms with van der Waals surface area (Å²) in [6.45, 7) is 3.93. The number of rotatable bonds is 4. The quantitative estimate of drug-likeness (QED) is 0.582. The second kappa shape index (κ2) is 8.21. The van der Waals surface area contributed by atoms with Crippen LogP contribution in [0.25, 0.3) is 0 Å². The molecule has 0 fully saturated rings. The summed E-state index contributed by atoms with van der Waals surface area (Å²) in [5, 5.41) is 6.67. The largest absolute Gasteiger partial charge is 0.322 e. The monoisotopic (exact) mass is 404 g/mol. The molecule has 0 radical (unpaired) electrons. The Hall–Kier alpha value is -2.92. The third-order valence-corrected chi connectivity index (χ3v) is 6.53. The van der Waals surface area contributed by atoms with Gasteiger partial charge in [0.05, 0.1) is 5.56 Å². The second-order valence-electron chi connectivity index (χ2n) is 7.50. The van der Waals surface area contributed by atoms with E-state index in [0.717, 1.165) is 48.1 Å². The molecule has 1 aliphatic carbocycles. The lowest BCUT2D eigenvalue weighted by Crippen LogP contribution is -2.19. The van der Waals surface area contributed by atoms with Crippen molar-refractivity contribution >= 4 is 33.8 Å². The van der Waals surface area contributed by atoms with E-state index in [-0.39, 0.29) is 11.8 Å². The average Bonchev–Trinajstić information content (AvgIpc) is 3.07. The highest BCUT2D eigenvalue weighted by molar-refractivity contribution is 7.17. The molecule has 0 bridgehead atoms. The van der Waals surface area contributed by atoms with Gasteiger partial charge in [-0.2, -0.15) is 0 Å². The van der Waals surface area contributed by atoms with E-state index in [4.69, 9.17) is 0 Å². The molecule has 0 unspecified atom stereocenters. The number of anilines is 2. The van der Waals surface area contributed by atoms with Gasteiger partial charge in [0.15, 0.2) is 0 Å². The first-order valence-corrected chi connectivity index (χ1v) is 10.7. The zero-order valence-electron chi connectivity index (χ0n) is 16.7. The highest BCUT2D eigenvalue weighted by atomic mass is 32.1. The molecule has 2 aromatic carbocycles. The molecule has 0 aliphatic heterocycles. The number of amides is 2. The van der Waals surface area contributed by atoms with Crippen molar-refractivity contribution in [3.05, 3.63) is 81.2 Å². The van der Waals surface area contributed by atoms with Gasteiger partial charge in [-0.05, 0) is 68.9 Å².